The van der Waals surface area contributed by atoms with Gasteiger partial charge < -0.3 is 4.90 Å². The molecule has 0 aromatic carbocycles. The highest BCUT2D eigenvalue weighted by atomic mass is 15.1. The second kappa shape index (κ2) is 2.19. The van der Waals surface area contributed by atoms with Crippen LogP contribution in [0.15, 0.2) is 6.33 Å². The van der Waals surface area contributed by atoms with E-state index in [0.29, 0.717) is 0 Å². The van der Waals surface area contributed by atoms with E-state index in [9.17, 15) is 0 Å². The summed E-state index contributed by atoms with van der Waals surface area (Å²) in [4.78, 5) is 10.6. The maximum atomic E-state index is 4.22. The van der Waals surface area contributed by atoms with Crippen molar-refractivity contribution in [3.05, 3.63) is 17.7 Å². The molecule has 0 saturated heterocycles. The van der Waals surface area contributed by atoms with Crippen LogP contribution in [0.5, 0.6) is 0 Å². The molecule has 1 aliphatic rings. The Kier molecular flexibility index (Phi) is 1.31. The predicted molar refractivity (Wildman–Crippen MR) is 43.7 cm³/mol. The number of likely N-dealkylation sites (N-methyl/N-ethyl adjacent to an activating group) is 1. The van der Waals surface area contributed by atoms with Crippen molar-refractivity contribution in [1.29, 1.82) is 0 Å². The fourth-order valence-electron chi connectivity index (χ4n) is 1.58. The van der Waals surface area contributed by atoms with Crippen LogP contribution in [0, 0.1) is 6.92 Å². The van der Waals surface area contributed by atoms with Gasteiger partial charge in [-0.05, 0) is 6.92 Å². The average molecular weight is 149 g/mol. The van der Waals surface area contributed by atoms with Gasteiger partial charge in [-0.1, -0.05) is 0 Å². The van der Waals surface area contributed by atoms with Crippen molar-refractivity contribution < 1.29 is 0 Å². The highest BCUT2D eigenvalue weighted by molar-refractivity contribution is 5.57. The molecular formula is C8H11N3. The normalized spacial score (nSPS) is 15.3. The first-order chi connectivity index (χ1) is 5.29. The molecule has 0 amide bonds. The van der Waals surface area contributed by atoms with Crippen molar-refractivity contribution in [2.75, 3.05) is 18.5 Å². The molecule has 0 radical (unpaired) electrons. The van der Waals surface area contributed by atoms with Crippen LogP contribution in [-0.2, 0) is 6.42 Å². The molecule has 1 aromatic heterocycles. The van der Waals surface area contributed by atoms with Crippen LogP contribution in [0.25, 0.3) is 0 Å². The lowest BCUT2D eigenvalue weighted by atomic mass is 10.3. The molecule has 58 valence electrons. The monoisotopic (exact) mass is 149 g/mol. The van der Waals surface area contributed by atoms with Crippen LogP contribution in [0.1, 0.15) is 11.4 Å². The fourth-order valence-corrected chi connectivity index (χ4v) is 1.58. The summed E-state index contributed by atoms with van der Waals surface area (Å²) in [5, 5.41) is 0. The summed E-state index contributed by atoms with van der Waals surface area (Å²) < 4.78 is 0. The van der Waals surface area contributed by atoms with Gasteiger partial charge in [-0.3, -0.25) is 0 Å². The minimum atomic E-state index is 1.06. The quantitative estimate of drug-likeness (QED) is 0.545. The Morgan fingerprint density at radius 2 is 2.27 bits per heavy atom. The average Bonchev–Trinajstić information content (AvgIpc) is 2.34. The minimum Gasteiger partial charge on any atom is -0.371 e. The first kappa shape index (κ1) is 6.58. The van der Waals surface area contributed by atoms with Crippen LogP contribution < -0.4 is 4.90 Å². The number of rotatable bonds is 0. The second-order valence-corrected chi connectivity index (χ2v) is 2.93. The van der Waals surface area contributed by atoms with Gasteiger partial charge in [-0.25, -0.2) is 9.97 Å². The Hall–Kier alpha value is -1.12. The fraction of sp³-hybridized carbons (Fsp3) is 0.500. The molecule has 0 unspecified atom stereocenters. The lowest BCUT2D eigenvalue weighted by Crippen LogP contribution is -2.13. The van der Waals surface area contributed by atoms with Crippen molar-refractivity contribution >= 4 is 5.69 Å². The van der Waals surface area contributed by atoms with Gasteiger partial charge >= 0.3 is 0 Å². The van der Waals surface area contributed by atoms with E-state index in [1.807, 2.05) is 6.92 Å². The minimum absolute atomic E-state index is 1.06. The maximum Gasteiger partial charge on any atom is 0.116 e. The standard InChI is InChI=1S/C8H11N3/c1-6-8-7(10-5-9-6)3-4-11(8)2/h5H,3-4H2,1-2H3. The predicted octanol–water partition coefficient (Wildman–Crippen LogP) is 0.777. The second-order valence-electron chi connectivity index (χ2n) is 2.93. The van der Waals surface area contributed by atoms with Crippen molar-refractivity contribution in [1.82, 2.24) is 9.97 Å². The molecule has 3 nitrogen and oxygen atoms in total. The molecular weight excluding hydrogens is 138 g/mol. The largest absolute Gasteiger partial charge is 0.371 e. The number of anilines is 1. The highest BCUT2D eigenvalue weighted by Crippen LogP contribution is 2.26. The van der Waals surface area contributed by atoms with Crippen LogP contribution in [0.4, 0.5) is 5.69 Å². The van der Waals surface area contributed by atoms with Crippen molar-refractivity contribution in [2.45, 2.75) is 13.3 Å². The summed E-state index contributed by atoms with van der Waals surface area (Å²) in [5.41, 5.74) is 3.52. The molecule has 3 heteroatoms. The molecule has 0 N–H and O–H groups in total. The lowest BCUT2D eigenvalue weighted by Gasteiger charge is -2.12. The third kappa shape index (κ3) is 0.878. The zero-order chi connectivity index (χ0) is 7.84. The van der Waals surface area contributed by atoms with Crippen molar-refractivity contribution in [3.8, 4) is 0 Å². The molecule has 2 heterocycles. The summed E-state index contributed by atoms with van der Waals surface area (Å²) in [6, 6.07) is 0. The first-order valence-corrected chi connectivity index (χ1v) is 3.80. The molecule has 0 spiro atoms. The summed E-state index contributed by atoms with van der Waals surface area (Å²) >= 11 is 0. The summed E-state index contributed by atoms with van der Waals surface area (Å²) in [6.45, 7) is 3.11. The molecule has 0 atom stereocenters. The van der Waals surface area contributed by atoms with Gasteiger partial charge in [-0.15, -0.1) is 0 Å². The Morgan fingerprint density at radius 3 is 3.00 bits per heavy atom. The van der Waals surface area contributed by atoms with E-state index < -0.39 is 0 Å². The van der Waals surface area contributed by atoms with Gasteiger partial charge in [-0.2, -0.15) is 0 Å². The van der Waals surface area contributed by atoms with E-state index in [1.165, 1.54) is 11.4 Å². The summed E-state index contributed by atoms with van der Waals surface area (Å²) in [6.07, 6.45) is 2.71. The van der Waals surface area contributed by atoms with Crippen LogP contribution >= 0.6 is 0 Å². The molecule has 0 saturated carbocycles. The van der Waals surface area contributed by atoms with Crippen LogP contribution in [-0.4, -0.2) is 23.6 Å². The Morgan fingerprint density at radius 1 is 1.45 bits per heavy atom. The molecule has 0 aliphatic carbocycles. The van der Waals surface area contributed by atoms with E-state index in [2.05, 4.69) is 21.9 Å². The van der Waals surface area contributed by atoms with Crippen LogP contribution in [0.2, 0.25) is 0 Å². The third-order valence-corrected chi connectivity index (χ3v) is 2.15. The Bertz CT molecular complexity index is 283. The summed E-state index contributed by atoms with van der Waals surface area (Å²) in [5.74, 6) is 0. The maximum absolute atomic E-state index is 4.22. The number of hydrogen-bond acceptors (Lipinski definition) is 3. The number of aromatic nitrogens is 2. The Balaban J connectivity index is 2.58. The summed E-state index contributed by atoms with van der Waals surface area (Å²) in [7, 11) is 2.09. The van der Waals surface area contributed by atoms with Gasteiger partial charge in [0.15, 0.2) is 0 Å². The van der Waals surface area contributed by atoms with E-state index in [0.717, 1.165) is 18.7 Å². The van der Waals surface area contributed by atoms with E-state index in [1.54, 1.807) is 6.33 Å². The topological polar surface area (TPSA) is 29.0 Å². The zero-order valence-corrected chi connectivity index (χ0v) is 6.83. The third-order valence-electron chi connectivity index (χ3n) is 2.15. The SMILES string of the molecule is Cc1ncnc2c1N(C)CC2. The highest BCUT2D eigenvalue weighted by Gasteiger charge is 2.18. The zero-order valence-electron chi connectivity index (χ0n) is 6.83. The van der Waals surface area contributed by atoms with E-state index >= 15 is 0 Å². The molecule has 1 aromatic rings. The smallest absolute Gasteiger partial charge is 0.116 e. The lowest BCUT2D eigenvalue weighted by molar-refractivity contribution is 0.943. The first-order valence-electron chi connectivity index (χ1n) is 3.80. The van der Waals surface area contributed by atoms with Crippen molar-refractivity contribution in [3.63, 3.8) is 0 Å². The molecule has 0 bridgehead atoms. The number of nitrogens with zero attached hydrogens (tertiary/aromatic N) is 3. The van der Waals surface area contributed by atoms with E-state index in [4.69, 9.17) is 0 Å². The van der Waals surface area contributed by atoms with Gasteiger partial charge in [0.1, 0.15) is 6.33 Å². The van der Waals surface area contributed by atoms with E-state index in [-0.39, 0.29) is 0 Å². The molecule has 0 fully saturated rings. The number of aryl methyl sites for hydroxylation is 1. The molecule has 2 rings (SSSR count). The van der Waals surface area contributed by atoms with Gasteiger partial charge in [0, 0.05) is 20.0 Å². The molecule has 1 aliphatic heterocycles. The van der Waals surface area contributed by atoms with Gasteiger partial charge in [0.25, 0.3) is 0 Å². The number of fused-ring (bicyclic) bond motifs is 1. The van der Waals surface area contributed by atoms with Crippen molar-refractivity contribution in [2.24, 2.45) is 0 Å². The molecule has 11 heavy (non-hydrogen) atoms. The van der Waals surface area contributed by atoms with Gasteiger partial charge in [0.05, 0.1) is 17.1 Å². The Labute approximate surface area is 66.1 Å². The number of hydrogen-bond donors (Lipinski definition) is 0. The van der Waals surface area contributed by atoms with Gasteiger partial charge in [0.2, 0.25) is 0 Å². The van der Waals surface area contributed by atoms with Crippen LogP contribution in [0.3, 0.4) is 0 Å².